The van der Waals surface area contributed by atoms with Gasteiger partial charge in [0.2, 0.25) is 0 Å². The molecule has 16 heavy (non-hydrogen) atoms. The predicted molar refractivity (Wildman–Crippen MR) is 66.2 cm³/mol. The van der Waals surface area contributed by atoms with Gasteiger partial charge in [0.1, 0.15) is 0 Å². The Kier molecular flexibility index (Phi) is 2.00. The van der Waals surface area contributed by atoms with E-state index in [1.165, 1.54) is 22.2 Å². The highest BCUT2D eigenvalue weighted by atomic mass is 14.9. The van der Waals surface area contributed by atoms with Gasteiger partial charge < -0.3 is 4.57 Å². The molecule has 0 amide bonds. The van der Waals surface area contributed by atoms with Gasteiger partial charge in [-0.2, -0.15) is 0 Å². The zero-order valence-electron chi connectivity index (χ0n) is 9.09. The van der Waals surface area contributed by atoms with Crippen molar-refractivity contribution in [3.05, 3.63) is 54.9 Å². The molecule has 3 rings (SSSR count). The maximum atomic E-state index is 4.05. The number of fused-ring (bicyclic) bond motifs is 1. The average molecular weight is 208 g/mol. The molecule has 2 aromatic heterocycles. The zero-order valence-corrected chi connectivity index (χ0v) is 9.09. The lowest BCUT2D eigenvalue weighted by atomic mass is 10.2. The Labute approximate surface area is 94.2 Å². The Balaban J connectivity index is 2.29. The molecule has 0 aliphatic heterocycles. The molecule has 0 saturated heterocycles. The summed E-state index contributed by atoms with van der Waals surface area (Å²) in [6, 6.07) is 14.7. The molecule has 3 aromatic rings. The van der Waals surface area contributed by atoms with Crippen molar-refractivity contribution in [1.82, 2.24) is 9.55 Å². The van der Waals surface area contributed by atoms with Crippen LogP contribution in [0.1, 0.15) is 0 Å². The van der Waals surface area contributed by atoms with E-state index in [1.807, 2.05) is 24.5 Å². The Morgan fingerprint density at radius 3 is 2.50 bits per heavy atom. The lowest BCUT2D eigenvalue weighted by Gasteiger charge is -2.03. The fourth-order valence-corrected chi connectivity index (χ4v) is 2.09. The van der Waals surface area contributed by atoms with Crippen LogP contribution in [-0.2, 0) is 7.05 Å². The number of aryl methyl sites for hydroxylation is 1. The van der Waals surface area contributed by atoms with E-state index >= 15 is 0 Å². The van der Waals surface area contributed by atoms with Crippen LogP contribution in [0.5, 0.6) is 0 Å². The van der Waals surface area contributed by atoms with Crippen LogP contribution in [0.3, 0.4) is 0 Å². The topological polar surface area (TPSA) is 17.8 Å². The van der Waals surface area contributed by atoms with Crippen molar-refractivity contribution in [2.24, 2.45) is 7.05 Å². The standard InChI is InChI=1S/C14H12N2/c1-16-13-5-3-2-4-12(13)10-14(16)11-6-8-15-9-7-11/h2-10H,1H3. The molecular formula is C14H12N2. The quantitative estimate of drug-likeness (QED) is 0.600. The first-order valence-corrected chi connectivity index (χ1v) is 5.31. The molecule has 0 aliphatic carbocycles. The Bertz CT molecular complexity index is 624. The molecule has 0 aliphatic rings. The number of hydrogen-bond donors (Lipinski definition) is 0. The first-order chi connectivity index (χ1) is 7.86. The second-order valence-electron chi connectivity index (χ2n) is 3.88. The number of aromatic nitrogens is 2. The van der Waals surface area contributed by atoms with Crippen molar-refractivity contribution in [3.8, 4) is 11.3 Å². The summed E-state index contributed by atoms with van der Waals surface area (Å²) in [7, 11) is 2.10. The summed E-state index contributed by atoms with van der Waals surface area (Å²) < 4.78 is 2.21. The van der Waals surface area contributed by atoms with Crippen molar-refractivity contribution in [2.45, 2.75) is 0 Å². The van der Waals surface area contributed by atoms with Gasteiger partial charge in [0.25, 0.3) is 0 Å². The Hall–Kier alpha value is -2.09. The number of rotatable bonds is 1. The maximum Gasteiger partial charge on any atom is 0.0489 e. The molecule has 0 N–H and O–H groups in total. The smallest absolute Gasteiger partial charge is 0.0489 e. The van der Waals surface area contributed by atoms with Crippen LogP contribution in [0.4, 0.5) is 0 Å². The predicted octanol–water partition coefficient (Wildman–Crippen LogP) is 3.24. The normalized spacial score (nSPS) is 10.8. The third-order valence-electron chi connectivity index (χ3n) is 2.93. The van der Waals surface area contributed by atoms with Gasteiger partial charge in [0.15, 0.2) is 0 Å². The summed E-state index contributed by atoms with van der Waals surface area (Å²) in [4.78, 5) is 4.05. The third kappa shape index (κ3) is 1.31. The van der Waals surface area contributed by atoms with Gasteiger partial charge in [-0.3, -0.25) is 4.98 Å². The van der Waals surface area contributed by atoms with Crippen molar-refractivity contribution < 1.29 is 0 Å². The van der Waals surface area contributed by atoms with Crippen LogP contribution in [0.2, 0.25) is 0 Å². The Morgan fingerprint density at radius 1 is 1.00 bits per heavy atom. The highest BCUT2D eigenvalue weighted by Crippen LogP contribution is 2.26. The van der Waals surface area contributed by atoms with Crippen molar-refractivity contribution in [2.75, 3.05) is 0 Å². The van der Waals surface area contributed by atoms with E-state index in [0.29, 0.717) is 0 Å². The zero-order chi connectivity index (χ0) is 11.0. The van der Waals surface area contributed by atoms with Gasteiger partial charge in [-0.05, 0) is 24.3 Å². The molecule has 0 bridgehead atoms. The van der Waals surface area contributed by atoms with E-state index < -0.39 is 0 Å². The molecule has 0 radical (unpaired) electrons. The molecular weight excluding hydrogens is 196 g/mol. The highest BCUT2D eigenvalue weighted by molar-refractivity contribution is 5.86. The molecule has 0 unspecified atom stereocenters. The molecule has 78 valence electrons. The minimum Gasteiger partial charge on any atom is -0.344 e. The van der Waals surface area contributed by atoms with Gasteiger partial charge in [0.05, 0.1) is 0 Å². The van der Waals surface area contributed by atoms with Gasteiger partial charge >= 0.3 is 0 Å². The van der Waals surface area contributed by atoms with Crippen molar-refractivity contribution >= 4 is 10.9 Å². The lowest BCUT2D eigenvalue weighted by Crippen LogP contribution is -1.90. The summed E-state index contributed by atoms with van der Waals surface area (Å²) in [6.07, 6.45) is 3.65. The first kappa shape index (κ1) is 9.16. The minimum atomic E-state index is 1.20. The fourth-order valence-electron chi connectivity index (χ4n) is 2.09. The summed E-state index contributed by atoms with van der Waals surface area (Å²) in [5, 5.41) is 1.27. The minimum absolute atomic E-state index is 1.20. The number of para-hydroxylation sites is 1. The molecule has 0 atom stereocenters. The van der Waals surface area contributed by atoms with Gasteiger partial charge in [-0.1, -0.05) is 18.2 Å². The van der Waals surface area contributed by atoms with E-state index in [2.05, 4.69) is 46.9 Å². The van der Waals surface area contributed by atoms with Gasteiger partial charge in [0, 0.05) is 41.6 Å². The molecule has 0 fully saturated rings. The molecule has 2 heterocycles. The number of hydrogen-bond acceptors (Lipinski definition) is 1. The summed E-state index contributed by atoms with van der Waals surface area (Å²) in [5.74, 6) is 0. The second-order valence-corrected chi connectivity index (χ2v) is 3.88. The van der Waals surface area contributed by atoms with E-state index in [0.717, 1.165) is 0 Å². The molecule has 1 aromatic carbocycles. The van der Waals surface area contributed by atoms with E-state index in [4.69, 9.17) is 0 Å². The van der Waals surface area contributed by atoms with E-state index in [9.17, 15) is 0 Å². The summed E-state index contributed by atoms with van der Waals surface area (Å²) in [6.45, 7) is 0. The van der Waals surface area contributed by atoms with E-state index in [1.54, 1.807) is 0 Å². The highest BCUT2D eigenvalue weighted by Gasteiger charge is 2.06. The monoisotopic (exact) mass is 208 g/mol. The fraction of sp³-hybridized carbons (Fsp3) is 0.0714. The largest absolute Gasteiger partial charge is 0.344 e. The van der Waals surface area contributed by atoms with Crippen LogP contribution >= 0.6 is 0 Å². The second kappa shape index (κ2) is 3.49. The maximum absolute atomic E-state index is 4.05. The number of pyridine rings is 1. The van der Waals surface area contributed by atoms with Gasteiger partial charge in [-0.15, -0.1) is 0 Å². The van der Waals surface area contributed by atoms with Crippen LogP contribution in [0.25, 0.3) is 22.2 Å². The van der Waals surface area contributed by atoms with E-state index in [-0.39, 0.29) is 0 Å². The van der Waals surface area contributed by atoms with Crippen LogP contribution in [0.15, 0.2) is 54.9 Å². The number of benzene rings is 1. The number of nitrogens with zero attached hydrogens (tertiary/aromatic N) is 2. The van der Waals surface area contributed by atoms with Crippen molar-refractivity contribution in [3.63, 3.8) is 0 Å². The summed E-state index contributed by atoms with van der Waals surface area (Å²) in [5.41, 5.74) is 3.69. The molecule has 0 saturated carbocycles. The molecule has 0 spiro atoms. The summed E-state index contributed by atoms with van der Waals surface area (Å²) >= 11 is 0. The van der Waals surface area contributed by atoms with Crippen molar-refractivity contribution in [1.29, 1.82) is 0 Å². The Morgan fingerprint density at radius 2 is 1.75 bits per heavy atom. The van der Waals surface area contributed by atoms with Crippen LogP contribution in [0, 0.1) is 0 Å². The van der Waals surface area contributed by atoms with Gasteiger partial charge in [-0.25, -0.2) is 0 Å². The molecule has 2 nitrogen and oxygen atoms in total. The SMILES string of the molecule is Cn1c(-c2ccncc2)cc2ccccc21. The first-order valence-electron chi connectivity index (χ1n) is 5.31. The lowest BCUT2D eigenvalue weighted by molar-refractivity contribution is 0.977. The third-order valence-corrected chi connectivity index (χ3v) is 2.93. The average Bonchev–Trinajstić information content (AvgIpc) is 2.69. The van der Waals surface area contributed by atoms with Crippen LogP contribution in [-0.4, -0.2) is 9.55 Å². The molecule has 2 heteroatoms. The van der Waals surface area contributed by atoms with Crippen LogP contribution < -0.4 is 0 Å².